The topological polar surface area (TPSA) is 103 Å². The van der Waals surface area contributed by atoms with Crippen LogP contribution in [0.25, 0.3) is 10.9 Å². The number of allylic oxidation sites excluding steroid dienone is 2. The van der Waals surface area contributed by atoms with Crippen LogP contribution in [0.1, 0.15) is 40.3 Å². The van der Waals surface area contributed by atoms with Gasteiger partial charge in [0.15, 0.2) is 0 Å². The Labute approximate surface area is 197 Å². The number of nitrogens with one attached hydrogen (secondary N) is 2. The smallest absolute Gasteiger partial charge is 0.281 e. The van der Waals surface area contributed by atoms with Crippen LogP contribution in [0.4, 0.5) is 0 Å². The first kappa shape index (κ1) is 20.8. The molecule has 0 radical (unpaired) electrons. The van der Waals surface area contributed by atoms with Crippen molar-refractivity contribution in [1.82, 2.24) is 14.9 Å². The number of nitrogens with two attached hydrogens (primary N) is 1. The first-order valence-corrected chi connectivity index (χ1v) is 11.7. The highest BCUT2D eigenvalue weighted by molar-refractivity contribution is 6.02. The van der Waals surface area contributed by atoms with Crippen LogP contribution >= 0.6 is 0 Å². The molecule has 3 aliphatic heterocycles. The molecular formula is C26H28N7O+. The Morgan fingerprint density at radius 3 is 2.68 bits per heavy atom. The first-order valence-electron chi connectivity index (χ1n) is 11.7. The highest BCUT2D eigenvalue weighted by Crippen LogP contribution is 2.38. The van der Waals surface area contributed by atoms with Crippen molar-refractivity contribution >= 4 is 28.9 Å². The number of likely N-dealkylation sites (tertiary alicyclic amines) is 1. The maximum atomic E-state index is 13.1. The molecule has 172 valence electrons. The van der Waals surface area contributed by atoms with Crippen molar-refractivity contribution in [2.75, 3.05) is 13.1 Å². The number of carbonyl (C=O) groups is 1. The van der Waals surface area contributed by atoms with Gasteiger partial charge in [0, 0.05) is 41.3 Å². The van der Waals surface area contributed by atoms with Gasteiger partial charge in [-0.1, -0.05) is 18.2 Å². The fraction of sp³-hybridized carbons (Fsp3) is 0.269. The number of nitrogens with zero attached hydrogens (tertiary/aromatic N) is 4. The SMILES string of the molecule is Cc1cc(C(=O)N2CCC(C3=C4C=NC=C[N+]4(N)C(c4cc5ccccc5[nH]4)=N3)CC2)c(C)[nH]1. The molecule has 1 amide bonds. The molecule has 1 saturated heterocycles. The molecule has 0 bridgehead atoms. The first-order chi connectivity index (χ1) is 16.4. The summed E-state index contributed by atoms with van der Waals surface area (Å²) < 4.78 is 0.00657. The van der Waals surface area contributed by atoms with E-state index in [1.807, 2.05) is 49.4 Å². The lowest BCUT2D eigenvalue weighted by atomic mass is 9.92. The van der Waals surface area contributed by atoms with Gasteiger partial charge in [-0.3, -0.25) is 9.79 Å². The number of carbonyl (C=O) groups excluding carboxylic acids is 1. The lowest BCUT2D eigenvalue weighted by Gasteiger charge is -2.32. The van der Waals surface area contributed by atoms with Gasteiger partial charge in [0.2, 0.25) is 5.70 Å². The predicted molar refractivity (Wildman–Crippen MR) is 133 cm³/mol. The second-order valence-electron chi connectivity index (χ2n) is 9.39. The maximum Gasteiger partial charge on any atom is 0.281 e. The molecule has 6 rings (SSSR count). The number of aliphatic imine (C=N–C) groups is 2. The minimum absolute atomic E-state index is 0.00657. The zero-order valence-corrected chi connectivity index (χ0v) is 19.4. The second kappa shape index (κ2) is 7.65. The summed E-state index contributed by atoms with van der Waals surface area (Å²) in [6.45, 7) is 5.31. The molecule has 0 saturated carbocycles. The van der Waals surface area contributed by atoms with E-state index in [1.54, 1.807) is 6.20 Å². The minimum atomic E-state index is 0.00657. The number of benzene rings is 1. The number of H-pyrrole nitrogens is 2. The number of hydrogen-bond acceptors (Lipinski definition) is 4. The van der Waals surface area contributed by atoms with Gasteiger partial charge in [0.25, 0.3) is 11.7 Å². The van der Waals surface area contributed by atoms with E-state index >= 15 is 0 Å². The van der Waals surface area contributed by atoms with Crippen molar-refractivity contribution in [2.24, 2.45) is 21.7 Å². The Morgan fingerprint density at radius 2 is 1.94 bits per heavy atom. The van der Waals surface area contributed by atoms with Gasteiger partial charge in [-0.25, -0.2) is 0 Å². The van der Waals surface area contributed by atoms with Crippen molar-refractivity contribution in [1.29, 1.82) is 0 Å². The molecule has 4 N–H and O–H groups in total. The Hall–Kier alpha value is -3.75. The van der Waals surface area contributed by atoms with E-state index in [0.717, 1.165) is 63.6 Å². The number of amides is 1. The maximum absolute atomic E-state index is 13.1. The normalized spacial score (nSPS) is 22.6. The van der Waals surface area contributed by atoms with Gasteiger partial charge in [-0.05, 0) is 44.9 Å². The summed E-state index contributed by atoms with van der Waals surface area (Å²) in [5, 5.41) is 1.12. The predicted octanol–water partition coefficient (Wildman–Crippen LogP) is 3.88. The van der Waals surface area contributed by atoms with Crippen molar-refractivity contribution in [3.8, 4) is 0 Å². The molecule has 3 aromatic rings. The average Bonchev–Trinajstić information content (AvgIpc) is 3.50. The van der Waals surface area contributed by atoms with Gasteiger partial charge < -0.3 is 14.9 Å². The molecule has 1 atom stereocenters. The monoisotopic (exact) mass is 454 g/mol. The van der Waals surface area contributed by atoms with Gasteiger partial charge in [-0.2, -0.15) is 10.8 Å². The molecule has 5 heterocycles. The second-order valence-corrected chi connectivity index (χ2v) is 9.39. The van der Waals surface area contributed by atoms with Crippen LogP contribution in [0.5, 0.6) is 0 Å². The number of aromatic nitrogens is 2. The minimum Gasteiger partial charge on any atom is -0.362 e. The van der Waals surface area contributed by atoms with Gasteiger partial charge in [0.1, 0.15) is 17.6 Å². The summed E-state index contributed by atoms with van der Waals surface area (Å²) in [5.74, 6) is 7.99. The van der Waals surface area contributed by atoms with E-state index in [-0.39, 0.29) is 16.4 Å². The number of quaternary nitrogens is 1. The van der Waals surface area contributed by atoms with Crippen LogP contribution in [-0.4, -0.2) is 50.5 Å². The third-order valence-electron chi connectivity index (χ3n) is 7.14. The molecule has 8 heteroatoms. The molecule has 8 nitrogen and oxygen atoms in total. The van der Waals surface area contributed by atoms with Crippen molar-refractivity contribution in [3.63, 3.8) is 0 Å². The average molecular weight is 455 g/mol. The van der Waals surface area contributed by atoms with Gasteiger partial charge in [-0.15, -0.1) is 4.59 Å². The Bertz CT molecular complexity index is 1400. The van der Waals surface area contributed by atoms with Gasteiger partial charge in [0.05, 0.1) is 18.0 Å². The zero-order valence-electron chi connectivity index (χ0n) is 19.4. The fourth-order valence-electron chi connectivity index (χ4n) is 5.35. The van der Waals surface area contributed by atoms with E-state index in [9.17, 15) is 4.79 Å². The highest BCUT2D eigenvalue weighted by Gasteiger charge is 2.46. The molecule has 0 aliphatic carbocycles. The largest absolute Gasteiger partial charge is 0.362 e. The number of aromatic amines is 2. The third kappa shape index (κ3) is 3.18. The van der Waals surface area contributed by atoms with Gasteiger partial charge >= 0.3 is 0 Å². The molecule has 34 heavy (non-hydrogen) atoms. The Morgan fingerprint density at radius 1 is 1.15 bits per heavy atom. The van der Waals surface area contributed by atoms with Crippen LogP contribution < -0.4 is 5.84 Å². The van der Waals surface area contributed by atoms with Crippen molar-refractivity contribution < 1.29 is 9.39 Å². The Kier molecular flexibility index (Phi) is 4.68. The van der Waals surface area contributed by atoms with Crippen molar-refractivity contribution in [3.05, 3.63) is 82.8 Å². The lowest BCUT2D eigenvalue weighted by Crippen LogP contribution is -2.53. The van der Waals surface area contributed by atoms with E-state index < -0.39 is 0 Å². The number of rotatable bonds is 3. The number of fused-ring (bicyclic) bond motifs is 2. The van der Waals surface area contributed by atoms with Crippen LogP contribution in [-0.2, 0) is 0 Å². The van der Waals surface area contributed by atoms with E-state index in [1.165, 1.54) is 0 Å². The van der Waals surface area contributed by atoms with Crippen LogP contribution in [0, 0.1) is 19.8 Å². The molecule has 1 fully saturated rings. The summed E-state index contributed by atoms with van der Waals surface area (Å²) in [7, 11) is 0. The number of piperidine rings is 1. The summed E-state index contributed by atoms with van der Waals surface area (Å²) in [4.78, 5) is 31.2. The standard InChI is InChI=1S/C26H27N7O/c1-16-13-20(17(2)29-16)26(34)32-10-7-18(8-11-32)24-23-15-28-9-12-33(23,27)25(31-24)22-14-19-5-3-4-6-21(19)30-22/h3-6,9,12-15,18H,7-8,10-11,27H2,1-2H3,(H-,28,29,30,31,34)/p+1. The van der Waals surface area contributed by atoms with Crippen molar-refractivity contribution in [2.45, 2.75) is 26.7 Å². The number of para-hydroxylation sites is 1. The molecular weight excluding hydrogens is 426 g/mol. The fourth-order valence-corrected chi connectivity index (χ4v) is 5.35. The number of amidine groups is 1. The summed E-state index contributed by atoms with van der Waals surface area (Å²) in [5.41, 5.74) is 6.53. The highest BCUT2D eigenvalue weighted by atomic mass is 16.2. The van der Waals surface area contributed by atoms with E-state index in [0.29, 0.717) is 13.1 Å². The molecule has 1 unspecified atom stereocenters. The summed E-state index contributed by atoms with van der Waals surface area (Å²) >= 11 is 0. The number of hydrogen-bond donors (Lipinski definition) is 3. The molecule has 2 aromatic heterocycles. The molecule has 0 spiro atoms. The van der Waals surface area contributed by atoms with Crippen LogP contribution in [0.15, 0.2) is 70.2 Å². The van der Waals surface area contributed by atoms with E-state index in [4.69, 9.17) is 10.8 Å². The summed E-state index contributed by atoms with van der Waals surface area (Å²) in [6, 6.07) is 12.2. The lowest BCUT2D eigenvalue weighted by molar-refractivity contribution is -0.750. The quantitative estimate of drug-likeness (QED) is 0.413. The van der Waals surface area contributed by atoms with E-state index in [2.05, 4.69) is 33.2 Å². The zero-order chi connectivity index (χ0) is 23.4. The van der Waals surface area contributed by atoms with Crippen LogP contribution in [0.2, 0.25) is 0 Å². The summed E-state index contributed by atoms with van der Waals surface area (Å²) in [6.07, 6.45) is 7.12. The van der Waals surface area contributed by atoms with Crippen LogP contribution in [0.3, 0.4) is 0 Å². The molecule has 1 aromatic carbocycles. The number of aryl methyl sites for hydroxylation is 2. The third-order valence-corrected chi connectivity index (χ3v) is 7.14. The Balaban J connectivity index is 1.28. The molecule has 3 aliphatic rings.